The van der Waals surface area contributed by atoms with E-state index in [0.29, 0.717) is 27.8 Å². The lowest BCUT2D eigenvalue weighted by Crippen LogP contribution is -1.99. The molecule has 0 saturated heterocycles. The van der Waals surface area contributed by atoms with Crippen molar-refractivity contribution in [3.05, 3.63) is 60.2 Å². The lowest BCUT2D eigenvalue weighted by molar-refractivity contribution is 0.484. The molecular formula is C17H15N3O3S. The Labute approximate surface area is 139 Å². The highest BCUT2D eigenvalue weighted by atomic mass is 32.2. The van der Waals surface area contributed by atoms with Crippen molar-refractivity contribution in [2.75, 3.05) is 5.73 Å². The van der Waals surface area contributed by atoms with Crippen LogP contribution >= 0.6 is 0 Å². The summed E-state index contributed by atoms with van der Waals surface area (Å²) in [6.45, 7) is 1.91. The molecule has 0 aliphatic rings. The van der Waals surface area contributed by atoms with Gasteiger partial charge in [-0.2, -0.15) is 13.5 Å². The third-order valence-electron chi connectivity index (χ3n) is 3.68. The molecule has 24 heavy (non-hydrogen) atoms. The fourth-order valence-electron chi connectivity index (χ4n) is 2.45. The molecule has 3 N–H and O–H groups in total. The fourth-order valence-corrected chi connectivity index (χ4v) is 3.15. The number of aryl methyl sites for hydroxylation is 1. The number of hydrogen-bond donors (Lipinski definition) is 2. The Morgan fingerprint density at radius 2 is 1.67 bits per heavy atom. The Hall–Kier alpha value is -2.77. The summed E-state index contributed by atoms with van der Waals surface area (Å²) in [5, 5.41) is 9.27. The number of nitrogens with two attached hydrogens (primary N) is 1. The standard InChI is InChI=1S/C17H15N3O3S/c1-11-5-2-3-7-15(11)19-20-17-13-6-4-8-16(24(21,22)23)12(13)9-10-14(17)18/h2-10H,18H2,1H3,(H,21,22,23). The summed E-state index contributed by atoms with van der Waals surface area (Å²) in [6.07, 6.45) is 0. The van der Waals surface area contributed by atoms with Gasteiger partial charge in [-0.15, -0.1) is 5.11 Å². The summed E-state index contributed by atoms with van der Waals surface area (Å²) in [4.78, 5) is -0.188. The molecule has 0 unspecified atom stereocenters. The molecule has 0 saturated carbocycles. The molecule has 0 amide bonds. The summed E-state index contributed by atoms with van der Waals surface area (Å²) >= 11 is 0. The normalized spacial score (nSPS) is 12.1. The first-order chi connectivity index (χ1) is 11.4. The van der Waals surface area contributed by atoms with Gasteiger partial charge in [-0.1, -0.05) is 36.4 Å². The molecule has 0 fully saturated rings. The molecular weight excluding hydrogens is 326 g/mol. The van der Waals surface area contributed by atoms with Gasteiger partial charge >= 0.3 is 0 Å². The second-order valence-corrected chi connectivity index (χ2v) is 6.71. The van der Waals surface area contributed by atoms with E-state index >= 15 is 0 Å². The quantitative estimate of drug-likeness (QED) is 0.418. The molecule has 0 heterocycles. The van der Waals surface area contributed by atoms with Crippen molar-refractivity contribution in [1.82, 2.24) is 0 Å². The van der Waals surface area contributed by atoms with Gasteiger partial charge in [-0.05, 0) is 30.7 Å². The van der Waals surface area contributed by atoms with E-state index in [4.69, 9.17) is 5.73 Å². The number of rotatable bonds is 3. The SMILES string of the molecule is Cc1ccccc1N=Nc1c(N)ccc2c(S(=O)(=O)O)cccc12. The van der Waals surface area contributed by atoms with Crippen LogP contribution in [0.1, 0.15) is 5.56 Å². The largest absolute Gasteiger partial charge is 0.397 e. The maximum atomic E-state index is 11.5. The number of azo groups is 1. The monoisotopic (exact) mass is 341 g/mol. The van der Waals surface area contributed by atoms with Crippen LogP contribution in [0.2, 0.25) is 0 Å². The predicted octanol–water partition coefficient (Wildman–Crippen LogP) is 4.39. The van der Waals surface area contributed by atoms with E-state index in [0.717, 1.165) is 5.56 Å². The minimum absolute atomic E-state index is 0.188. The smallest absolute Gasteiger partial charge is 0.295 e. The van der Waals surface area contributed by atoms with Gasteiger partial charge in [-0.3, -0.25) is 4.55 Å². The predicted molar refractivity (Wildman–Crippen MR) is 93.5 cm³/mol. The van der Waals surface area contributed by atoms with Crippen LogP contribution < -0.4 is 5.73 Å². The summed E-state index contributed by atoms with van der Waals surface area (Å²) in [6, 6.07) is 15.1. The highest BCUT2D eigenvalue weighted by Gasteiger charge is 2.16. The van der Waals surface area contributed by atoms with Crippen molar-refractivity contribution in [3.63, 3.8) is 0 Å². The molecule has 3 aromatic rings. The van der Waals surface area contributed by atoms with E-state index in [1.54, 1.807) is 18.2 Å². The van der Waals surface area contributed by atoms with E-state index in [1.807, 2.05) is 31.2 Å². The molecule has 122 valence electrons. The second kappa shape index (κ2) is 6.03. The van der Waals surface area contributed by atoms with Crippen LogP contribution in [0.25, 0.3) is 10.8 Å². The minimum atomic E-state index is -4.35. The zero-order valence-corrected chi connectivity index (χ0v) is 13.7. The molecule has 0 spiro atoms. The number of hydrogen-bond acceptors (Lipinski definition) is 5. The van der Waals surface area contributed by atoms with E-state index in [9.17, 15) is 13.0 Å². The Balaban J connectivity index is 2.22. The molecule has 3 aromatic carbocycles. The Morgan fingerprint density at radius 3 is 2.38 bits per heavy atom. The van der Waals surface area contributed by atoms with Gasteiger partial charge in [0.25, 0.3) is 10.1 Å². The van der Waals surface area contributed by atoms with Crippen molar-refractivity contribution < 1.29 is 13.0 Å². The zero-order valence-electron chi connectivity index (χ0n) is 12.8. The number of fused-ring (bicyclic) bond motifs is 1. The number of anilines is 1. The third kappa shape index (κ3) is 2.99. The average molecular weight is 341 g/mol. The van der Waals surface area contributed by atoms with E-state index < -0.39 is 10.1 Å². The first-order valence-corrected chi connectivity index (χ1v) is 8.58. The van der Waals surface area contributed by atoms with E-state index in [2.05, 4.69) is 10.2 Å². The van der Waals surface area contributed by atoms with E-state index in [1.165, 1.54) is 12.1 Å². The molecule has 0 atom stereocenters. The molecule has 6 nitrogen and oxygen atoms in total. The fraction of sp³-hybridized carbons (Fsp3) is 0.0588. The number of nitrogens with zero attached hydrogens (tertiary/aromatic N) is 2. The first kappa shape index (κ1) is 16.1. The summed E-state index contributed by atoms with van der Waals surface area (Å²) in [5.41, 5.74) is 8.36. The molecule has 0 aliphatic heterocycles. The van der Waals surface area contributed by atoms with Crippen molar-refractivity contribution in [3.8, 4) is 0 Å². The molecule has 3 rings (SSSR count). The Morgan fingerprint density at radius 1 is 0.917 bits per heavy atom. The van der Waals surface area contributed by atoms with Crippen LogP contribution in [0.5, 0.6) is 0 Å². The van der Waals surface area contributed by atoms with Crippen LogP contribution in [-0.4, -0.2) is 13.0 Å². The van der Waals surface area contributed by atoms with Gasteiger partial charge < -0.3 is 5.73 Å². The van der Waals surface area contributed by atoms with Gasteiger partial charge in [0.1, 0.15) is 10.6 Å². The van der Waals surface area contributed by atoms with E-state index in [-0.39, 0.29) is 4.90 Å². The molecule has 7 heteroatoms. The maximum absolute atomic E-state index is 11.5. The van der Waals surface area contributed by atoms with Crippen LogP contribution in [-0.2, 0) is 10.1 Å². The average Bonchev–Trinajstić information content (AvgIpc) is 2.54. The van der Waals surface area contributed by atoms with Crippen molar-refractivity contribution in [2.45, 2.75) is 11.8 Å². The van der Waals surface area contributed by atoms with Crippen molar-refractivity contribution >= 4 is 38.0 Å². The Bertz CT molecular complexity index is 1060. The summed E-state index contributed by atoms with van der Waals surface area (Å²) in [7, 11) is -4.35. The Kier molecular flexibility index (Phi) is 4.04. The van der Waals surface area contributed by atoms with Gasteiger partial charge in [0.05, 0.1) is 11.4 Å². The second-order valence-electron chi connectivity index (χ2n) is 5.32. The lowest BCUT2D eigenvalue weighted by atomic mass is 10.1. The highest BCUT2D eigenvalue weighted by molar-refractivity contribution is 7.86. The van der Waals surface area contributed by atoms with Crippen LogP contribution in [0.4, 0.5) is 17.1 Å². The highest BCUT2D eigenvalue weighted by Crippen LogP contribution is 2.36. The molecule has 0 bridgehead atoms. The molecule has 0 aliphatic carbocycles. The van der Waals surface area contributed by atoms with Gasteiger partial charge in [0, 0.05) is 10.8 Å². The lowest BCUT2D eigenvalue weighted by Gasteiger charge is -2.08. The summed E-state index contributed by atoms with van der Waals surface area (Å²) in [5.74, 6) is 0. The van der Waals surface area contributed by atoms with Crippen molar-refractivity contribution in [1.29, 1.82) is 0 Å². The van der Waals surface area contributed by atoms with Crippen molar-refractivity contribution in [2.24, 2.45) is 10.2 Å². The topological polar surface area (TPSA) is 105 Å². The van der Waals surface area contributed by atoms with Gasteiger partial charge in [0.15, 0.2) is 0 Å². The number of nitrogen functional groups attached to an aromatic ring is 1. The van der Waals surface area contributed by atoms with Crippen LogP contribution in [0.3, 0.4) is 0 Å². The third-order valence-corrected chi connectivity index (χ3v) is 4.59. The first-order valence-electron chi connectivity index (χ1n) is 7.14. The van der Waals surface area contributed by atoms with Gasteiger partial charge in [-0.25, -0.2) is 0 Å². The molecule has 0 aromatic heterocycles. The maximum Gasteiger partial charge on any atom is 0.295 e. The minimum Gasteiger partial charge on any atom is -0.397 e. The summed E-state index contributed by atoms with van der Waals surface area (Å²) < 4.78 is 32.5. The van der Waals surface area contributed by atoms with Crippen LogP contribution in [0.15, 0.2) is 69.7 Å². The number of benzene rings is 3. The molecule has 0 radical (unpaired) electrons. The van der Waals surface area contributed by atoms with Crippen LogP contribution in [0, 0.1) is 6.92 Å². The zero-order chi connectivity index (χ0) is 17.3. The van der Waals surface area contributed by atoms with Gasteiger partial charge in [0.2, 0.25) is 0 Å².